The molecule has 1 aromatic rings. The zero-order chi connectivity index (χ0) is 8.81. The first-order chi connectivity index (χ1) is 5.79. The minimum absolute atomic E-state index is 0.831. The number of hydrogen-bond donors (Lipinski definition) is 0. The lowest BCUT2D eigenvalue weighted by Crippen LogP contribution is -1.90. The molecule has 0 spiro atoms. The minimum Gasteiger partial charge on any atom is -0.0628 e. The predicted octanol–water partition coefficient (Wildman–Crippen LogP) is 3.47. The quantitative estimate of drug-likeness (QED) is 0.634. The summed E-state index contributed by atoms with van der Waals surface area (Å²) in [5.74, 6) is 0.831. The highest BCUT2D eigenvalue weighted by atomic mass is 14.0. The van der Waals surface area contributed by atoms with E-state index in [1.807, 2.05) is 6.07 Å². The van der Waals surface area contributed by atoms with Gasteiger partial charge in [-0.15, -0.1) is 0 Å². The SMILES string of the molecule is CC(C)CCCc1c[c]ccc1. The second-order valence-electron chi connectivity index (χ2n) is 3.70. The number of hydrogen-bond acceptors (Lipinski definition) is 0. The van der Waals surface area contributed by atoms with Crippen LogP contribution in [0.1, 0.15) is 32.3 Å². The molecule has 0 saturated heterocycles. The molecule has 0 saturated carbocycles. The first-order valence-electron chi connectivity index (χ1n) is 4.74. The van der Waals surface area contributed by atoms with Gasteiger partial charge in [-0.25, -0.2) is 0 Å². The maximum absolute atomic E-state index is 3.10. The first kappa shape index (κ1) is 9.31. The zero-order valence-electron chi connectivity index (χ0n) is 8.01. The van der Waals surface area contributed by atoms with Crippen molar-refractivity contribution in [2.75, 3.05) is 0 Å². The lowest BCUT2D eigenvalue weighted by Gasteiger charge is -2.03. The average Bonchev–Trinajstić information content (AvgIpc) is 2.05. The fourth-order valence-electron chi connectivity index (χ4n) is 1.30. The van der Waals surface area contributed by atoms with Gasteiger partial charge in [0.15, 0.2) is 0 Å². The molecule has 0 aliphatic rings. The molecule has 0 nitrogen and oxygen atoms in total. The number of rotatable bonds is 4. The molecule has 0 atom stereocenters. The third-order valence-electron chi connectivity index (χ3n) is 2.02. The monoisotopic (exact) mass is 161 g/mol. The van der Waals surface area contributed by atoms with Crippen molar-refractivity contribution in [3.63, 3.8) is 0 Å². The molecule has 0 bridgehead atoms. The molecule has 0 unspecified atom stereocenters. The van der Waals surface area contributed by atoms with Gasteiger partial charge < -0.3 is 0 Å². The molecular formula is C12H17. The second-order valence-corrected chi connectivity index (χ2v) is 3.70. The Morgan fingerprint density at radius 3 is 2.83 bits per heavy atom. The van der Waals surface area contributed by atoms with Crippen molar-refractivity contribution in [3.05, 3.63) is 35.9 Å². The van der Waals surface area contributed by atoms with Crippen LogP contribution in [0.5, 0.6) is 0 Å². The van der Waals surface area contributed by atoms with Crippen molar-refractivity contribution in [1.29, 1.82) is 0 Å². The standard InChI is InChI=1S/C12H17/c1-11(2)7-6-10-12-8-4-3-5-9-12/h3-4,8-9,11H,6-7,10H2,1-2H3. The topological polar surface area (TPSA) is 0 Å². The molecule has 0 heteroatoms. The van der Waals surface area contributed by atoms with Gasteiger partial charge in [0.05, 0.1) is 0 Å². The molecular weight excluding hydrogens is 144 g/mol. The van der Waals surface area contributed by atoms with Crippen molar-refractivity contribution < 1.29 is 0 Å². The molecule has 0 aliphatic carbocycles. The Morgan fingerprint density at radius 1 is 1.42 bits per heavy atom. The van der Waals surface area contributed by atoms with E-state index >= 15 is 0 Å². The van der Waals surface area contributed by atoms with Crippen LogP contribution in [0.25, 0.3) is 0 Å². The summed E-state index contributed by atoms with van der Waals surface area (Å²) < 4.78 is 0. The van der Waals surface area contributed by atoms with Crippen LogP contribution < -0.4 is 0 Å². The van der Waals surface area contributed by atoms with E-state index in [-0.39, 0.29) is 0 Å². The number of aryl methyl sites for hydroxylation is 1. The average molecular weight is 161 g/mol. The van der Waals surface area contributed by atoms with Gasteiger partial charge in [0.1, 0.15) is 0 Å². The Labute approximate surface area is 75.6 Å². The molecule has 1 aromatic carbocycles. The summed E-state index contributed by atoms with van der Waals surface area (Å²) in [4.78, 5) is 0. The van der Waals surface area contributed by atoms with Gasteiger partial charge >= 0.3 is 0 Å². The lowest BCUT2D eigenvalue weighted by atomic mass is 10.0. The summed E-state index contributed by atoms with van der Waals surface area (Å²) >= 11 is 0. The molecule has 0 aliphatic heterocycles. The zero-order valence-corrected chi connectivity index (χ0v) is 8.01. The second kappa shape index (κ2) is 4.97. The van der Waals surface area contributed by atoms with Gasteiger partial charge in [0.25, 0.3) is 0 Å². The fraction of sp³-hybridized carbons (Fsp3) is 0.500. The van der Waals surface area contributed by atoms with Crippen molar-refractivity contribution in [1.82, 2.24) is 0 Å². The smallest absolute Gasteiger partial charge is 0.0181 e. The van der Waals surface area contributed by atoms with Crippen LogP contribution in [-0.4, -0.2) is 0 Å². The van der Waals surface area contributed by atoms with E-state index in [2.05, 4.69) is 38.1 Å². The minimum atomic E-state index is 0.831. The van der Waals surface area contributed by atoms with Crippen LogP contribution in [0.4, 0.5) is 0 Å². The highest BCUT2D eigenvalue weighted by Crippen LogP contribution is 2.08. The molecule has 0 N–H and O–H groups in total. The van der Waals surface area contributed by atoms with Gasteiger partial charge in [-0.2, -0.15) is 0 Å². The van der Waals surface area contributed by atoms with Crippen LogP contribution in [0.3, 0.4) is 0 Å². The van der Waals surface area contributed by atoms with E-state index < -0.39 is 0 Å². The summed E-state index contributed by atoms with van der Waals surface area (Å²) in [7, 11) is 0. The highest BCUT2D eigenvalue weighted by molar-refractivity contribution is 5.13. The normalized spacial score (nSPS) is 10.6. The summed E-state index contributed by atoms with van der Waals surface area (Å²) in [5.41, 5.74) is 1.41. The summed E-state index contributed by atoms with van der Waals surface area (Å²) in [6.45, 7) is 4.55. The maximum atomic E-state index is 3.10. The Bertz CT molecular complexity index is 199. The van der Waals surface area contributed by atoms with Crippen LogP contribution in [0, 0.1) is 12.0 Å². The van der Waals surface area contributed by atoms with E-state index in [1.165, 1.54) is 24.8 Å². The molecule has 0 amide bonds. The molecule has 12 heavy (non-hydrogen) atoms. The van der Waals surface area contributed by atoms with E-state index in [4.69, 9.17) is 0 Å². The Balaban J connectivity index is 2.25. The fourth-order valence-corrected chi connectivity index (χ4v) is 1.30. The van der Waals surface area contributed by atoms with Crippen molar-refractivity contribution in [3.8, 4) is 0 Å². The van der Waals surface area contributed by atoms with Gasteiger partial charge in [0, 0.05) is 0 Å². The highest BCUT2D eigenvalue weighted by Gasteiger charge is 1.94. The van der Waals surface area contributed by atoms with Crippen LogP contribution in [-0.2, 0) is 6.42 Å². The third-order valence-corrected chi connectivity index (χ3v) is 2.02. The molecule has 1 rings (SSSR count). The summed E-state index contributed by atoms with van der Waals surface area (Å²) in [6.07, 6.45) is 3.83. The number of benzene rings is 1. The van der Waals surface area contributed by atoms with Crippen molar-refractivity contribution in [2.45, 2.75) is 33.1 Å². The van der Waals surface area contributed by atoms with Gasteiger partial charge in [-0.1, -0.05) is 44.5 Å². The van der Waals surface area contributed by atoms with E-state index in [9.17, 15) is 0 Å². The van der Waals surface area contributed by atoms with Crippen LogP contribution >= 0.6 is 0 Å². The van der Waals surface area contributed by atoms with Gasteiger partial charge in [-0.3, -0.25) is 0 Å². The van der Waals surface area contributed by atoms with Gasteiger partial charge in [-0.05, 0) is 30.4 Å². The van der Waals surface area contributed by atoms with Crippen molar-refractivity contribution in [2.24, 2.45) is 5.92 Å². The maximum Gasteiger partial charge on any atom is -0.0181 e. The Morgan fingerprint density at radius 2 is 2.25 bits per heavy atom. The first-order valence-corrected chi connectivity index (χ1v) is 4.74. The molecule has 1 radical (unpaired) electrons. The van der Waals surface area contributed by atoms with E-state index in [0.717, 1.165) is 5.92 Å². The van der Waals surface area contributed by atoms with Crippen LogP contribution in [0.15, 0.2) is 24.3 Å². The van der Waals surface area contributed by atoms with Gasteiger partial charge in [0.2, 0.25) is 0 Å². The third kappa shape index (κ3) is 3.56. The molecule has 0 heterocycles. The van der Waals surface area contributed by atoms with Crippen LogP contribution in [0.2, 0.25) is 0 Å². The Hall–Kier alpha value is -0.780. The molecule has 65 valence electrons. The lowest BCUT2D eigenvalue weighted by molar-refractivity contribution is 0.556. The molecule has 0 fully saturated rings. The summed E-state index contributed by atoms with van der Waals surface area (Å²) in [5, 5.41) is 0. The largest absolute Gasteiger partial charge is 0.0628 e. The van der Waals surface area contributed by atoms with E-state index in [0.29, 0.717) is 0 Å². The summed E-state index contributed by atoms with van der Waals surface area (Å²) in [6, 6.07) is 11.4. The predicted molar refractivity (Wildman–Crippen MR) is 53.1 cm³/mol. The van der Waals surface area contributed by atoms with E-state index in [1.54, 1.807) is 0 Å². The molecule has 0 aromatic heterocycles. The Kier molecular flexibility index (Phi) is 3.86. The van der Waals surface area contributed by atoms with Crippen molar-refractivity contribution >= 4 is 0 Å².